The van der Waals surface area contributed by atoms with Crippen LogP contribution in [-0.4, -0.2) is 31.8 Å². The fourth-order valence-corrected chi connectivity index (χ4v) is 3.57. The molecule has 1 unspecified atom stereocenters. The number of nitrogens with zero attached hydrogens (tertiary/aromatic N) is 3. The number of nitrogens with one attached hydrogen (secondary N) is 1. The Morgan fingerprint density at radius 2 is 2.20 bits per heavy atom. The van der Waals surface area contributed by atoms with E-state index in [0.29, 0.717) is 10.9 Å². The summed E-state index contributed by atoms with van der Waals surface area (Å²) in [7, 11) is 1.66. The van der Waals surface area contributed by atoms with Gasteiger partial charge in [0.15, 0.2) is 5.16 Å². The second-order valence-corrected chi connectivity index (χ2v) is 6.02. The van der Waals surface area contributed by atoms with Crippen molar-refractivity contribution in [2.24, 2.45) is 7.05 Å². The molecule has 6 nitrogen and oxygen atoms in total. The lowest BCUT2D eigenvalue weighted by Crippen LogP contribution is -2.33. The van der Waals surface area contributed by atoms with Crippen LogP contribution in [0.2, 0.25) is 0 Å². The van der Waals surface area contributed by atoms with Crippen LogP contribution in [-0.2, 0) is 7.05 Å². The van der Waals surface area contributed by atoms with Crippen molar-refractivity contribution in [3.05, 3.63) is 50.8 Å². The van der Waals surface area contributed by atoms with Crippen LogP contribution < -0.4 is 11.1 Å². The first kappa shape index (κ1) is 14.9. The molecule has 0 spiro atoms. The molecule has 2 heterocycles. The van der Waals surface area contributed by atoms with Crippen LogP contribution in [0.3, 0.4) is 0 Å². The van der Waals surface area contributed by atoms with Crippen LogP contribution in [0.1, 0.15) is 10.9 Å². The quantitative estimate of drug-likeness (QED) is 0.657. The average Bonchev–Trinajstić information content (AvgIpc) is 2.46. The Labute approximate surface area is 124 Å². The number of pyridine rings is 1. The van der Waals surface area contributed by atoms with E-state index in [0.717, 1.165) is 5.69 Å². The third-order valence-electron chi connectivity index (χ3n) is 2.61. The molecule has 0 amide bonds. The topological polar surface area (TPSA) is 80.6 Å². The summed E-state index contributed by atoms with van der Waals surface area (Å²) in [5.74, 6) is 0.713. The molecule has 0 aliphatic carbocycles. The van der Waals surface area contributed by atoms with E-state index in [1.54, 1.807) is 25.0 Å². The summed E-state index contributed by atoms with van der Waals surface area (Å²) in [4.78, 5) is 30.5. The van der Waals surface area contributed by atoms with Gasteiger partial charge in [0.2, 0.25) is 0 Å². The van der Waals surface area contributed by atoms with Gasteiger partial charge in [0.1, 0.15) is 0 Å². The molecule has 0 aliphatic rings. The third kappa shape index (κ3) is 3.51. The summed E-state index contributed by atoms with van der Waals surface area (Å²) >= 11 is 3.10. The Morgan fingerprint density at radius 1 is 1.40 bits per heavy atom. The predicted molar refractivity (Wildman–Crippen MR) is 81.3 cm³/mol. The molecule has 0 saturated heterocycles. The summed E-state index contributed by atoms with van der Waals surface area (Å²) in [6, 6.07) is 5.80. The van der Waals surface area contributed by atoms with Crippen LogP contribution in [0.15, 0.2) is 39.1 Å². The highest BCUT2D eigenvalue weighted by Gasteiger charge is 2.13. The molecule has 0 saturated carbocycles. The van der Waals surface area contributed by atoms with Crippen LogP contribution in [0.4, 0.5) is 0 Å². The van der Waals surface area contributed by atoms with E-state index in [2.05, 4.69) is 15.1 Å². The minimum atomic E-state index is -0.760. The number of thioether (sulfide) groups is 2. The molecule has 2 rings (SSSR count). The average molecular weight is 310 g/mol. The van der Waals surface area contributed by atoms with Crippen molar-refractivity contribution in [1.29, 1.82) is 0 Å². The van der Waals surface area contributed by atoms with Gasteiger partial charge in [-0.05, 0) is 18.4 Å². The summed E-state index contributed by atoms with van der Waals surface area (Å²) in [6.45, 7) is 0. The van der Waals surface area contributed by atoms with Gasteiger partial charge in [0, 0.05) is 19.0 Å². The van der Waals surface area contributed by atoms with E-state index < -0.39 is 11.1 Å². The first-order valence-electron chi connectivity index (χ1n) is 5.85. The van der Waals surface area contributed by atoms with Crippen molar-refractivity contribution in [3.63, 3.8) is 0 Å². The zero-order valence-corrected chi connectivity index (χ0v) is 12.7. The van der Waals surface area contributed by atoms with Gasteiger partial charge in [0.05, 0.1) is 10.9 Å². The number of hydrogen-bond acceptors (Lipinski definition) is 6. The van der Waals surface area contributed by atoms with E-state index in [1.165, 1.54) is 16.4 Å². The third-order valence-corrected chi connectivity index (χ3v) is 4.93. The van der Waals surface area contributed by atoms with Crippen molar-refractivity contribution in [1.82, 2.24) is 19.7 Å². The van der Waals surface area contributed by atoms with Crippen molar-refractivity contribution in [2.45, 2.75) is 10.4 Å². The molecule has 1 atom stereocenters. The highest BCUT2D eigenvalue weighted by molar-refractivity contribution is 8.02. The lowest BCUT2D eigenvalue weighted by atomic mass is 10.3. The summed E-state index contributed by atoms with van der Waals surface area (Å²) in [6.07, 6.45) is 3.77. The van der Waals surface area contributed by atoms with Crippen molar-refractivity contribution < 1.29 is 0 Å². The van der Waals surface area contributed by atoms with Crippen molar-refractivity contribution >= 4 is 23.5 Å². The molecule has 0 aromatic carbocycles. The van der Waals surface area contributed by atoms with Gasteiger partial charge in [-0.2, -0.15) is 16.7 Å². The first-order valence-corrected chi connectivity index (χ1v) is 8.13. The Kier molecular flexibility index (Phi) is 5.02. The molecular weight excluding hydrogens is 296 g/mol. The normalized spacial score (nSPS) is 12.3. The predicted octanol–water partition coefficient (Wildman–Crippen LogP) is 1.06. The molecule has 20 heavy (non-hydrogen) atoms. The summed E-state index contributed by atoms with van der Waals surface area (Å²) < 4.78 is 1.46. The van der Waals surface area contributed by atoms with Gasteiger partial charge >= 0.3 is 11.1 Å². The number of H-pyrrole nitrogens is 1. The van der Waals surface area contributed by atoms with Crippen LogP contribution in [0.25, 0.3) is 0 Å². The molecule has 0 bridgehead atoms. The number of hydrogen-bond donors (Lipinski definition) is 1. The van der Waals surface area contributed by atoms with Gasteiger partial charge in [0.25, 0.3) is 0 Å². The van der Waals surface area contributed by atoms with E-state index in [9.17, 15) is 9.59 Å². The van der Waals surface area contributed by atoms with Crippen molar-refractivity contribution in [2.75, 3.05) is 12.0 Å². The van der Waals surface area contributed by atoms with E-state index in [1.807, 2.05) is 24.5 Å². The van der Waals surface area contributed by atoms with Crippen LogP contribution in [0.5, 0.6) is 0 Å². The van der Waals surface area contributed by atoms with Gasteiger partial charge in [-0.25, -0.2) is 0 Å². The Hall–Kier alpha value is -1.54. The Balaban J connectivity index is 2.13. The monoisotopic (exact) mass is 310 g/mol. The number of aromatic nitrogens is 4. The van der Waals surface area contributed by atoms with Gasteiger partial charge in [-0.3, -0.25) is 24.4 Å². The maximum absolute atomic E-state index is 11.3. The second-order valence-electron chi connectivity index (χ2n) is 3.99. The van der Waals surface area contributed by atoms with E-state index in [4.69, 9.17) is 0 Å². The fourth-order valence-electron chi connectivity index (χ4n) is 1.58. The SMILES string of the molecule is CSC(CSc1nc(=O)c(=O)[nH]n1C)c1ccccn1. The highest BCUT2D eigenvalue weighted by atomic mass is 32.2. The standard InChI is InChI=1S/C12H14N4O2S2/c1-16-12(14-10(17)11(18)15-16)20-7-9(19-2)8-5-3-4-6-13-8/h3-6,9H,7H2,1-2H3,(H,15,18). The fraction of sp³-hybridized carbons (Fsp3) is 0.333. The second kappa shape index (κ2) is 6.76. The molecule has 0 fully saturated rings. The summed E-state index contributed by atoms with van der Waals surface area (Å²) in [5.41, 5.74) is -0.478. The van der Waals surface area contributed by atoms with E-state index in [-0.39, 0.29) is 5.25 Å². The molecule has 1 N–H and O–H groups in total. The van der Waals surface area contributed by atoms with Gasteiger partial charge in [-0.15, -0.1) is 0 Å². The lowest BCUT2D eigenvalue weighted by Gasteiger charge is -2.13. The summed E-state index contributed by atoms with van der Waals surface area (Å²) in [5, 5.41) is 3.12. The smallest absolute Gasteiger partial charge is 0.265 e. The zero-order valence-electron chi connectivity index (χ0n) is 11.1. The highest BCUT2D eigenvalue weighted by Crippen LogP contribution is 2.30. The lowest BCUT2D eigenvalue weighted by molar-refractivity contribution is 0.596. The number of rotatable bonds is 5. The molecule has 2 aromatic heterocycles. The Morgan fingerprint density at radius 3 is 2.85 bits per heavy atom. The maximum atomic E-state index is 11.3. The number of aryl methyl sites for hydroxylation is 1. The van der Waals surface area contributed by atoms with Crippen LogP contribution in [0, 0.1) is 0 Å². The maximum Gasteiger partial charge on any atom is 0.339 e. The Bertz CT molecular complexity index is 684. The number of aromatic amines is 1. The minimum Gasteiger partial charge on any atom is -0.265 e. The molecular formula is C12H14N4O2S2. The molecule has 8 heteroatoms. The van der Waals surface area contributed by atoms with Crippen molar-refractivity contribution in [3.8, 4) is 0 Å². The van der Waals surface area contributed by atoms with Gasteiger partial charge < -0.3 is 0 Å². The molecule has 0 radical (unpaired) electrons. The molecule has 0 aliphatic heterocycles. The van der Waals surface area contributed by atoms with E-state index >= 15 is 0 Å². The van der Waals surface area contributed by atoms with Crippen LogP contribution >= 0.6 is 23.5 Å². The first-order chi connectivity index (χ1) is 9.61. The molecule has 106 valence electrons. The van der Waals surface area contributed by atoms with Gasteiger partial charge in [-0.1, -0.05) is 17.8 Å². The minimum absolute atomic E-state index is 0.199. The molecule has 2 aromatic rings. The zero-order chi connectivity index (χ0) is 14.5. The largest absolute Gasteiger partial charge is 0.339 e.